The van der Waals surface area contributed by atoms with Crippen LogP contribution in [0, 0.1) is 11.8 Å². The van der Waals surface area contributed by atoms with Crippen LogP contribution in [0.25, 0.3) is 0 Å². The zero-order chi connectivity index (χ0) is 20.9. The van der Waals surface area contributed by atoms with Gasteiger partial charge in [0.2, 0.25) is 15.9 Å². The second kappa shape index (κ2) is 9.50. The molecule has 0 radical (unpaired) electrons. The minimum absolute atomic E-state index is 0.0689. The molecule has 0 saturated carbocycles. The van der Waals surface area contributed by atoms with Crippen molar-refractivity contribution in [3.05, 3.63) is 17.2 Å². The maximum absolute atomic E-state index is 12.6. The highest BCUT2D eigenvalue weighted by molar-refractivity contribution is 7.92. The van der Waals surface area contributed by atoms with Gasteiger partial charge in [0.25, 0.3) is 0 Å². The van der Waals surface area contributed by atoms with E-state index < -0.39 is 15.9 Å². The summed E-state index contributed by atoms with van der Waals surface area (Å²) >= 11 is 6.09. The zero-order valence-corrected chi connectivity index (χ0v) is 18.4. The van der Waals surface area contributed by atoms with Gasteiger partial charge < -0.3 is 14.8 Å². The van der Waals surface area contributed by atoms with Gasteiger partial charge in [-0.3, -0.25) is 9.10 Å². The lowest BCUT2D eigenvalue weighted by atomic mass is 9.93. The predicted octanol–water partition coefficient (Wildman–Crippen LogP) is 2.92. The van der Waals surface area contributed by atoms with Crippen molar-refractivity contribution in [1.29, 1.82) is 0 Å². The fourth-order valence-corrected chi connectivity index (χ4v) is 3.97. The van der Waals surface area contributed by atoms with Crippen LogP contribution >= 0.6 is 11.6 Å². The topological polar surface area (TPSA) is 84.9 Å². The third kappa shape index (κ3) is 6.17. The highest BCUT2D eigenvalue weighted by Gasteiger charge is 2.27. The van der Waals surface area contributed by atoms with Gasteiger partial charge in [0.1, 0.15) is 18.0 Å². The van der Waals surface area contributed by atoms with Crippen molar-refractivity contribution in [2.45, 2.75) is 33.7 Å². The van der Waals surface area contributed by atoms with Crippen LogP contribution in [0.5, 0.6) is 11.5 Å². The molecule has 0 atom stereocenters. The summed E-state index contributed by atoms with van der Waals surface area (Å²) in [5.41, 5.74) is 0.182. The van der Waals surface area contributed by atoms with Crippen LogP contribution in [0.2, 0.25) is 5.02 Å². The van der Waals surface area contributed by atoms with E-state index in [2.05, 4.69) is 5.32 Å². The van der Waals surface area contributed by atoms with Crippen LogP contribution in [-0.4, -0.2) is 47.4 Å². The van der Waals surface area contributed by atoms with Crippen LogP contribution in [0.3, 0.4) is 0 Å². The summed E-state index contributed by atoms with van der Waals surface area (Å²) in [4.78, 5) is 12.6. The van der Waals surface area contributed by atoms with Crippen molar-refractivity contribution >= 4 is 33.2 Å². The number of hydrogen-bond donors (Lipinski definition) is 1. The predicted molar refractivity (Wildman–Crippen MR) is 108 cm³/mol. The number of carbonyl (C=O) groups is 1. The molecule has 1 rings (SSSR count). The van der Waals surface area contributed by atoms with Crippen LogP contribution in [0.15, 0.2) is 12.1 Å². The molecule has 0 unspecified atom stereocenters. The Hall–Kier alpha value is -1.67. The lowest BCUT2D eigenvalue weighted by Crippen LogP contribution is -2.47. The molecule has 0 fully saturated rings. The molecule has 1 N–H and O–H groups in total. The number of hydrogen-bond acceptors (Lipinski definition) is 5. The summed E-state index contributed by atoms with van der Waals surface area (Å²) in [6, 6.07) is 2.83. The van der Waals surface area contributed by atoms with E-state index in [9.17, 15) is 13.2 Å². The fourth-order valence-electron chi connectivity index (χ4n) is 2.89. The Balaban J connectivity index is 3.28. The molecule has 0 heterocycles. The molecule has 0 spiro atoms. The zero-order valence-electron chi connectivity index (χ0n) is 16.9. The number of ether oxygens (including phenoxy) is 2. The molecule has 1 aromatic carbocycles. The highest BCUT2D eigenvalue weighted by Crippen LogP contribution is 2.38. The van der Waals surface area contributed by atoms with E-state index in [0.717, 1.165) is 10.6 Å². The molecular formula is C18H29ClN2O5S. The fraction of sp³-hybridized carbons (Fsp3) is 0.611. The van der Waals surface area contributed by atoms with Crippen LogP contribution < -0.4 is 19.1 Å². The number of nitrogens with one attached hydrogen (secondary N) is 1. The first-order chi connectivity index (χ1) is 12.4. The number of nitrogens with zero attached hydrogens (tertiary/aromatic N) is 1. The van der Waals surface area contributed by atoms with Crippen molar-refractivity contribution in [3.63, 3.8) is 0 Å². The normalized spacial score (nSPS) is 11.8. The molecule has 0 aliphatic rings. The lowest BCUT2D eigenvalue weighted by molar-refractivity contribution is -0.121. The first-order valence-corrected chi connectivity index (χ1v) is 10.8. The monoisotopic (exact) mass is 420 g/mol. The molecule has 0 aliphatic carbocycles. The molecule has 0 bridgehead atoms. The molecule has 27 heavy (non-hydrogen) atoms. The van der Waals surface area contributed by atoms with Crippen LogP contribution in [0.1, 0.15) is 27.7 Å². The van der Waals surface area contributed by atoms with Crippen LogP contribution in [-0.2, 0) is 14.8 Å². The van der Waals surface area contributed by atoms with Crippen LogP contribution in [0.4, 0.5) is 5.69 Å². The van der Waals surface area contributed by atoms with Gasteiger partial charge in [0.15, 0.2) is 0 Å². The summed E-state index contributed by atoms with van der Waals surface area (Å²) < 4.78 is 36.2. The summed E-state index contributed by atoms with van der Waals surface area (Å²) in [5.74, 6) is 0.535. The first-order valence-electron chi connectivity index (χ1n) is 8.60. The summed E-state index contributed by atoms with van der Waals surface area (Å²) in [7, 11) is -0.946. The summed E-state index contributed by atoms with van der Waals surface area (Å²) in [6.07, 6.45) is 1.03. The third-order valence-electron chi connectivity index (χ3n) is 4.17. The van der Waals surface area contributed by atoms with E-state index >= 15 is 0 Å². The molecular weight excluding hydrogens is 392 g/mol. The van der Waals surface area contributed by atoms with Gasteiger partial charge in [0, 0.05) is 18.2 Å². The van der Waals surface area contributed by atoms with Gasteiger partial charge in [-0.05, 0) is 11.8 Å². The van der Waals surface area contributed by atoms with E-state index in [1.807, 2.05) is 27.7 Å². The highest BCUT2D eigenvalue weighted by atomic mass is 35.5. The van der Waals surface area contributed by atoms with Gasteiger partial charge >= 0.3 is 0 Å². The second-order valence-electron chi connectivity index (χ2n) is 7.01. The van der Waals surface area contributed by atoms with E-state index in [0.29, 0.717) is 0 Å². The van der Waals surface area contributed by atoms with Gasteiger partial charge in [-0.1, -0.05) is 39.3 Å². The Morgan fingerprint density at radius 2 is 1.63 bits per heavy atom. The standard InChI is InChI=1S/C18H29ClN2O5S/c1-11(2)18(12(3)4)20-17(22)10-21(27(7,23)24)14-9-15(25-5)13(19)8-16(14)26-6/h8-9,11-12,18H,10H2,1-7H3,(H,20,22). The van der Waals surface area contributed by atoms with Gasteiger partial charge in [-0.2, -0.15) is 0 Å². The van der Waals surface area contributed by atoms with Crippen molar-refractivity contribution in [2.75, 3.05) is 31.3 Å². The van der Waals surface area contributed by atoms with E-state index in [1.54, 1.807) is 0 Å². The molecule has 0 aromatic heterocycles. The average Bonchev–Trinajstić information content (AvgIpc) is 2.55. The number of amides is 1. The molecule has 0 saturated heterocycles. The Morgan fingerprint density at radius 1 is 1.11 bits per heavy atom. The molecule has 0 aliphatic heterocycles. The third-order valence-corrected chi connectivity index (χ3v) is 5.60. The van der Waals surface area contributed by atoms with Crippen molar-refractivity contribution in [1.82, 2.24) is 5.32 Å². The molecule has 1 aromatic rings. The Morgan fingerprint density at radius 3 is 2.04 bits per heavy atom. The van der Waals surface area contributed by atoms with Gasteiger partial charge in [0.05, 0.1) is 31.2 Å². The lowest BCUT2D eigenvalue weighted by Gasteiger charge is -2.29. The number of carbonyl (C=O) groups excluding carboxylic acids is 1. The smallest absolute Gasteiger partial charge is 0.241 e. The largest absolute Gasteiger partial charge is 0.495 e. The maximum atomic E-state index is 12.6. The SMILES string of the molecule is COc1cc(N(CC(=O)NC(C(C)C)C(C)C)S(C)(=O)=O)c(OC)cc1Cl. The minimum atomic E-state index is -3.77. The molecule has 154 valence electrons. The second-order valence-corrected chi connectivity index (χ2v) is 9.32. The quantitative estimate of drug-likeness (QED) is 0.663. The number of methoxy groups -OCH3 is 2. The van der Waals surface area contributed by atoms with Gasteiger partial charge in [-0.25, -0.2) is 8.42 Å². The first kappa shape index (κ1) is 23.4. The number of rotatable bonds is 9. The molecule has 7 nitrogen and oxygen atoms in total. The van der Waals surface area contributed by atoms with Crippen molar-refractivity contribution < 1.29 is 22.7 Å². The number of sulfonamides is 1. The van der Waals surface area contributed by atoms with E-state index in [1.165, 1.54) is 26.4 Å². The van der Waals surface area contributed by atoms with E-state index in [4.69, 9.17) is 21.1 Å². The maximum Gasteiger partial charge on any atom is 0.241 e. The summed E-state index contributed by atoms with van der Waals surface area (Å²) in [5, 5.41) is 3.20. The Labute approximate surface area is 167 Å². The van der Waals surface area contributed by atoms with Gasteiger partial charge in [-0.15, -0.1) is 0 Å². The summed E-state index contributed by atoms with van der Waals surface area (Å²) in [6.45, 7) is 7.65. The average molecular weight is 421 g/mol. The number of halogens is 1. The van der Waals surface area contributed by atoms with Crippen molar-refractivity contribution in [2.24, 2.45) is 11.8 Å². The Kier molecular flexibility index (Phi) is 8.23. The number of benzene rings is 1. The van der Waals surface area contributed by atoms with Crippen molar-refractivity contribution in [3.8, 4) is 11.5 Å². The Bertz CT molecular complexity index is 757. The van der Waals surface area contributed by atoms with E-state index in [-0.39, 0.29) is 46.6 Å². The molecule has 1 amide bonds. The molecule has 9 heteroatoms. The number of anilines is 1. The minimum Gasteiger partial charge on any atom is -0.495 e.